The summed E-state index contributed by atoms with van der Waals surface area (Å²) in [6.07, 6.45) is -5.00. The van der Waals surface area contributed by atoms with Crippen LogP contribution in [0.3, 0.4) is 0 Å². The maximum absolute atomic E-state index is 13.6. The van der Waals surface area contributed by atoms with Crippen LogP contribution in [0.5, 0.6) is 0 Å². The molecule has 5 rings (SSSR count). The van der Waals surface area contributed by atoms with Crippen molar-refractivity contribution in [1.29, 1.82) is 0 Å². The highest BCUT2D eigenvalue weighted by molar-refractivity contribution is 8.00. The Bertz CT molecular complexity index is 1700. The van der Waals surface area contributed by atoms with Gasteiger partial charge in [-0.05, 0) is 54.3 Å². The molecule has 0 spiro atoms. The van der Waals surface area contributed by atoms with Gasteiger partial charge in [-0.15, -0.1) is 11.8 Å². The smallest absolute Gasteiger partial charge is 0.338 e. The Kier molecular flexibility index (Phi) is 12.8. The van der Waals surface area contributed by atoms with Crippen molar-refractivity contribution < 1.29 is 47.6 Å². The molecule has 5 atom stereocenters. The molecule has 1 aliphatic rings. The summed E-state index contributed by atoms with van der Waals surface area (Å²) >= 11 is 1.40. The summed E-state index contributed by atoms with van der Waals surface area (Å²) in [4.78, 5) is 52.8. The van der Waals surface area contributed by atoms with Gasteiger partial charge in [0.2, 0.25) is 0 Å². The van der Waals surface area contributed by atoms with Crippen molar-refractivity contribution in [2.45, 2.75) is 42.7 Å². The summed E-state index contributed by atoms with van der Waals surface area (Å²) in [7, 11) is 1.51. The first-order valence-corrected chi connectivity index (χ1v) is 17.1. The van der Waals surface area contributed by atoms with Crippen LogP contribution in [0, 0.1) is 0 Å². The predicted octanol–water partition coefficient (Wildman–Crippen LogP) is 6.40. The van der Waals surface area contributed by atoms with E-state index in [0.29, 0.717) is 5.75 Å². The highest BCUT2D eigenvalue weighted by Gasteiger charge is 2.55. The van der Waals surface area contributed by atoms with Crippen LogP contribution >= 0.6 is 11.8 Å². The molecule has 0 saturated carbocycles. The molecule has 1 heterocycles. The van der Waals surface area contributed by atoms with E-state index < -0.39 is 59.8 Å². The van der Waals surface area contributed by atoms with E-state index in [2.05, 4.69) is 0 Å². The largest absolute Gasteiger partial charge is 0.458 e. The Morgan fingerprint density at radius 3 is 1.64 bits per heavy atom. The molecule has 11 heteroatoms. The van der Waals surface area contributed by atoms with Crippen molar-refractivity contribution in [1.82, 2.24) is 0 Å². The number of carbonyl (C=O) groups is 4. The second-order valence-electron chi connectivity index (χ2n) is 11.4. The molecule has 4 aromatic rings. The van der Waals surface area contributed by atoms with Crippen LogP contribution in [-0.2, 0) is 28.4 Å². The molecule has 0 radical (unpaired) electrons. The number of methoxy groups -OCH3 is 1. The first-order chi connectivity index (χ1) is 24.3. The molecule has 4 aromatic carbocycles. The van der Waals surface area contributed by atoms with Crippen molar-refractivity contribution in [3.05, 3.63) is 144 Å². The van der Waals surface area contributed by atoms with Crippen LogP contribution in [-0.4, -0.2) is 79.3 Å². The number of ether oxygens (including phenoxy) is 6. The van der Waals surface area contributed by atoms with Crippen LogP contribution < -0.4 is 0 Å². The lowest BCUT2D eigenvalue weighted by Crippen LogP contribution is -2.62. The number of rotatable bonds is 14. The van der Waals surface area contributed by atoms with E-state index >= 15 is 0 Å². The molecule has 0 amide bonds. The first kappa shape index (κ1) is 36.3. The summed E-state index contributed by atoms with van der Waals surface area (Å²) in [5, 5.41) is 0. The maximum atomic E-state index is 13.6. The monoisotopic (exact) mass is 698 g/mol. The summed E-state index contributed by atoms with van der Waals surface area (Å²) in [5.74, 6) is -2.20. The van der Waals surface area contributed by atoms with Crippen molar-refractivity contribution in [2.24, 2.45) is 0 Å². The molecular weight excluding hydrogens is 660 g/mol. The van der Waals surface area contributed by atoms with E-state index in [4.69, 9.17) is 28.4 Å². The van der Waals surface area contributed by atoms with Gasteiger partial charge in [0.15, 0.2) is 12.2 Å². The third-order valence-electron chi connectivity index (χ3n) is 7.87. The van der Waals surface area contributed by atoms with Gasteiger partial charge >= 0.3 is 23.9 Å². The molecule has 1 fully saturated rings. The minimum absolute atomic E-state index is 0.0455. The molecule has 10 nitrogen and oxygen atoms in total. The maximum Gasteiger partial charge on any atom is 0.338 e. The zero-order valence-electron chi connectivity index (χ0n) is 27.7. The van der Waals surface area contributed by atoms with Crippen LogP contribution in [0.1, 0.15) is 54.8 Å². The predicted molar refractivity (Wildman–Crippen MR) is 186 cm³/mol. The molecular formula is C39H38O10S. The number of benzene rings is 4. The van der Waals surface area contributed by atoms with Crippen LogP contribution in [0.25, 0.3) is 0 Å². The lowest BCUT2D eigenvalue weighted by molar-refractivity contribution is -0.223. The number of carbonyl (C=O) groups excluding carboxylic acids is 4. The van der Waals surface area contributed by atoms with Gasteiger partial charge in [-0.25, -0.2) is 19.2 Å². The van der Waals surface area contributed by atoms with Crippen molar-refractivity contribution >= 4 is 35.6 Å². The van der Waals surface area contributed by atoms with E-state index in [0.717, 1.165) is 0 Å². The Hall–Kier alpha value is -4.97. The van der Waals surface area contributed by atoms with Gasteiger partial charge < -0.3 is 28.4 Å². The molecule has 1 saturated heterocycles. The fraction of sp³-hybridized carbons (Fsp3) is 0.282. The van der Waals surface area contributed by atoms with Crippen LogP contribution in [0.15, 0.2) is 121 Å². The average molecular weight is 699 g/mol. The van der Waals surface area contributed by atoms with Crippen LogP contribution in [0.4, 0.5) is 0 Å². The summed E-state index contributed by atoms with van der Waals surface area (Å²) in [6.45, 7) is 1.50. The van der Waals surface area contributed by atoms with Gasteiger partial charge in [0.05, 0.1) is 28.9 Å². The molecule has 0 N–H and O–H groups in total. The van der Waals surface area contributed by atoms with Gasteiger partial charge in [-0.2, -0.15) is 0 Å². The second kappa shape index (κ2) is 17.6. The van der Waals surface area contributed by atoms with Gasteiger partial charge in [0, 0.05) is 13.5 Å². The quantitative estimate of drug-likeness (QED) is 0.107. The molecule has 0 unspecified atom stereocenters. The lowest BCUT2D eigenvalue weighted by atomic mass is 9.93. The molecule has 1 aliphatic heterocycles. The van der Waals surface area contributed by atoms with E-state index in [1.807, 2.05) is 6.92 Å². The topological polar surface area (TPSA) is 124 Å². The Morgan fingerprint density at radius 1 is 0.700 bits per heavy atom. The standard InChI is InChI=1S/C39H38O10S/c1-3-50-39(26-44-2)24-31(46-36(41)28-18-10-5-11-19-28)33(48-38(43)30-22-14-7-15-23-30)34(49-39)32(47-37(42)29-20-12-6-13-21-29)25-45-35(40)27-16-8-4-9-17-27/h4-23,31-34H,3,24-26H2,1-2H3/t31-,32-,33-,34-,39+/m1/s1. The van der Waals surface area contributed by atoms with E-state index in [1.54, 1.807) is 121 Å². The number of hydrogen-bond acceptors (Lipinski definition) is 11. The molecule has 260 valence electrons. The minimum Gasteiger partial charge on any atom is -0.458 e. The highest BCUT2D eigenvalue weighted by Crippen LogP contribution is 2.43. The zero-order chi connectivity index (χ0) is 35.3. The lowest BCUT2D eigenvalue weighted by Gasteiger charge is -2.48. The van der Waals surface area contributed by atoms with Crippen LogP contribution in [0.2, 0.25) is 0 Å². The third kappa shape index (κ3) is 9.38. The van der Waals surface area contributed by atoms with Crippen molar-refractivity contribution in [3.8, 4) is 0 Å². The van der Waals surface area contributed by atoms with E-state index in [1.165, 1.54) is 18.9 Å². The summed E-state index contributed by atoms with van der Waals surface area (Å²) in [5.41, 5.74) is 1.04. The van der Waals surface area contributed by atoms with E-state index in [-0.39, 0.29) is 35.3 Å². The van der Waals surface area contributed by atoms with Gasteiger partial charge in [-0.3, -0.25) is 0 Å². The summed E-state index contributed by atoms with van der Waals surface area (Å²) < 4.78 is 36.4. The van der Waals surface area contributed by atoms with Gasteiger partial charge in [0.25, 0.3) is 0 Å². The average Bonchev–Trinajstić information content (AvgIpc) is 3.15. The van der Waals surface area contributed by atoms with Crippen molar-refractivity contribution in [2.75, 3.05) is 26.1 Å². The normalized spacial score (nSPS) is 20.6. The Morgan fingerprint density at radius 2 is 1.16 bits per heavy atom. The number of esters is 4. The molecule has 0 aliphatic carbocycles. The Labute approximate surface area is 295 Å². The summed E-state index contributed by atoms with van der Waals surface area (Å²) in [6, 6.07) is 33.3. The number of thioether (sulfide) groups is 1. The van der Waals surface area contributed by atoms with Crippen molar-refractivity contribution in [3.63, 3.8) is 0 Å². The SMILES string of the molecule is CCS[C@]1(COC)C[C@@H](OC(=O)c2ccccc2)[C@@H](OC(=O)c2ccccc2)[C@@H]([C@@H](COC(=O)c2ccccc2)OC(=O)c2ccccc2)O1. The Balaban J connectivity index is 1.57. The molecule has 0 bridgehead atoms. The minimum atomic E-state index is -1.34. The fourth-order valence-electron chi connectivity index (χ4n) is 5.58. The molecule has 0 aromatic heterocycles. The number of hydrogen-bond donors (Lipinski definition) is 0. The third-order valence-corrected chi connectivity index (χ3v) is 9.06. The van der Waals surface area contributed by atoms with Gasteiger partial charge in [-0.1, -0.05) is 79.7 Å². The van der Waals surface area contributed by atoms with E-state index in [9.17, 15) is 19.2 Å². The fourth-order valence-corrected chi connectivity index (χ4v) is 6.77. The molecule has 50 heavy (non-hydrogen) atoms. The highest BCUT2D eigenvalue weighted by atomic mass is 32.2. The zero-order valence-corrected chi connectivity index (χ0v) is 28.5. The second-order valence-corrected chi connectivity index (χ2v) is 13.0. The first-order valence-electron chi connectivity index (χ1n) is 16.1. The van der Waals surface area contributed by atoms with Gasteiger partial charge in [0.1, 0.15) is 23.7 Å².